The summed E-state index contributed by atoms with van der Waals surface area (Å²) in [6.45, 7) is 0. The van der Waals surface area contributed by atoms with Gasteiger partial charge >= 0.3 is 17.9 Å². The van der Waals surface area contributed by atoms with E-state index in [1.807, 2.05) is 0 Å². The van der Waals surface area contributed by atoms with Crippen molar-refractivity contribution in [1.29, 1.82) is 0 Å². The number of hydrogen-bond acceptors (Lipinski definition) is 9. The Bertz CT molecular complexity index is 1280. The summed E-state index contributed by atoms with van der Waals surface area (Å²) in [5, 5.41) is 53.6. The molecule has 4 atom stereocenters. The number of aromatic hydroxyl groups is 2. The Morgan fingerprint density at radius 2 is 1.05 bits per heavy atom. The number of carbonyl (C=O) groups excluding carboxylic acids is 3. The number of carboxylic acid groups (broad SMARTS) is 3. The molecular formula is C27H32N4O11. The lowest BCUT2D eigenvalue weighted by molar-refractivity contribution is -0.143. The van der Waals surface area contributed by atoms with Crippen LogP contribution in [0.5, 0.6) is 11.5 Å². The van der Waals surface area contributed by atoms with Gasteiger partial charge in [0.1, 0.15) is 29.6 Å². The molecule has 0 aliphatic rings. The average molecular weight is 589 g/mol. The maximum absolute atomic E-state index is 13.3. The molecule has 15 heteroatoms. The molecule has 226 valence electrons. The first-order valence-corrected chi connectivity index (χ1v) is 12.6. The molecule has 10 N–H and O–H groups in total. The smallest absolute Gasteiger partial charge is 0.326 e. The molecule has 0 heterocycles. The van der Waals surface area contributed by atoms with E-state index < -0.39 is 72.6 Å². The first kappa shape index (κ1) is 33.0. The molecule has 3 amide bonds. The summed E-state index contributed by atoms with van der Waals surface area (Å²) in [6.07, 6.45) is -2.03. The number of carbonyl (C=O) groups is 6. The van der Waals surface area contributed by atoms with Crippen LogP contribution in [0.15, 0.2) is 48.5 Å². The standard InChI is InChI=1S/C27H32N4O11/c28-18(9-10-22(34)35)24(38)29-20(13-23(36)37)26(40)30-19(11-14-1-5-16(32)6-2-14)25(39)31-21(27(41)42)12-15-3-7-17(33)8-4-15/h1-8,18-21,32-33H,9-13,28H2,(H,29,38)(H,30,40)(H,31,39)(H,34,35)(H,36,37)(H,41,42). The zero-order valence-electron chi connectivity index (χ0n) is 22.2. The molecule has 42 heavy (non-hydrogen) atoms. The van der Waals surface area contributed by atoms with Crippen molar-refractivity contribution in [2.75, 3.05) is 0 Å². The van der Waals surface area contributed by atoms with Crippen molar-refractivity contribution >= 4 is 35.6 Å². The molecule has 0 radical (unpaired) electrons. The highest BCUT2D eigenvalue weighted by Crippen LogP contribution is 2.14. The number of benzene rings is 2. The number of phenols is 2. The van der Waals surface area contributed by atoms with Crippen LogP contribution in [0.1, 0.15) is 30.4 Å². The molecule has 0 aromatic heterocycles. The van der Waals surface area contributed by atoms with Gasteiger partial charge in [-0.2, -0.15) is 0 Å². The largest absolute Gasteiger partial charge is 0.508 e. The highest BCUT2D eigenvalue weighted by atomic mass is 16.4. The second-order valence-electron chi connectivity index (χ2n) is 9.40. The maximum Gasteiger partial charge on any atom is 0.326 e. The van der Waals surface area contributed by atoms with Crippen molar-refractivity contribution in [3.63, 3.8) is 0 Å². The van der Waals surface area contributed by atoms with Crippen LogP contribution in [0, 0.1) is 0 Å². The van der Waals surface area contributed by atoms with E-state index in [2.05, 4.69) is 16.0 Å². The highest BCUT2D eigenvalue weighted by Gasteiger charge is 2.32. The summed E-state index contributed by atoms with van der Waals surface area (Å²) < 4.78 is 0. The molecule has 2 aromatic rings. The van der Waals surface area contributed by atoms with E-state index in [4.69, 9.17) is 10.8 Å². The fraction of sp³-hybridized carbons (Fsp3) is 0.333. The predicted molar refractivity (Wildman–Crippen MR) is 144 cm³/mol. The van der Waals surface area contributed by atoms with Crippen molar-refractivity contribution < 1.29 is 54.3 Å². The summed E-state index contributed by atoms with van der Waals surface area (Å²) in [7, 11) is 0. The number of rotatable bonds is 16. The van der Waals surface area contributed by atoms with Crippen molar-refractivity contribution in [2.45, 2.75) is 56.3 Å². The van der Waals surface area contributed by atoms with E-state index in [1.54, 1.807) is 0 Å². The van der Waals surface area contributed by atoms with Gasteiger partial charge in [0.05, 0.1) is 12.5 Å². The van der Waals surface area contributed by atoms with Crippen LogP contribution in [0.4, 0.5) is 0 Å². The zero-order chi connectivity index (χ0) is 31.4. The fourth-order valence-electron chi connectivity index (χ4n) is 3.76. The van der Waals surface area contributed by atoms with Gasteiger partial charge in [0.15, 0.2) is 0 Å². The Balaban J connectivity index is 2.27. The zero-order valence-corrected chi connectivity index (χ0v) is 22.2. The topological polar surface area (TPSA) is 266 Å². The Hall–Kier alpha value is -5.18. The van der Waals surface area contributed by atoms with E-state index in [0.717, 1.165) is 0 Å². The second-order valence-corrected chi connectivity index (χ2v) is 9.40. The van der Waals surface area contributed by atoms with Gasteiger partial charge in [-0.25, -0.2) is 4.79 Å². The minimum absolute atomic E-state index is 0.0443. The van der Waals surface area contributed by atoms with Gasteiger partial charge in [-0.1, -0.05) is 24.3 Å². The molecule has 2 rings (SSSR count). The lowest BCUT2D eigenvalue weighted by Crippen LogP contribution is -2.58. The van der Waals surface area contributed by atoms with Crippen LogP contribution in [0.25, 0.3) is 0 Å². The number of phenolic OH excluding ortho intramolecular Hbond substituents is 2. The fourth-order valence-corrected chi connectivity index (χ4v) is 3.76. The Morgan fingerprint density at radius 3 is 1.50 bits per heavy atom. The van der Waals surface area contributed by atoms with Gasteiger partial charge < -0.3 is 47.2 Å². The van der Waals surface area contributed by atoms with Crippen LogP contribution in [-0.2, 0) is 41.6 Å². The molecule has 0 saturated heterocycles. The lowest BCUT2D eigenvalue weighted by atomic mass is 10.0. The first-order chi connectivity index (χ1) is 19.7. The monoisotopic (exact) mass is 588 g/mol. The van der Waals surface area contributed by atoms with Gasteiger partial charge in [-0.3, -0.25) is 24.0 Å². The van der Waals surface area contributed by atoms with Gasteiger partial charge in [0, 0.05) is 19.3 Å². The van der Waals surface area contributed by atoms with E-state index in [1.165, 1.54) is 48.5 Å². The first-order valence-electron chi connectivity index (χ1n) is 12.6. The van der Waals surface area contributed by atoms with Gasteiger partial charge in [-0.15, -0.1) is 0 Å². The van der Waals surface area contributed by atoms with Crippen LogP contribution in [0.2, 0.25) is 0 Å². The summed E-state index contributed by atoms with van der Waals surface area (Å²) in [4.78, 5) is 72.9. The highest BCUT2D eigenvalue weighted by molar-refractivity contribution is 5.95. The van der Waals surface area contributed by atoms with Crippen molar-refractivity contribution in [3.8, 4) is 11.5 Å². The van der Waals surface area contributed by atoms with Crippen LogP contribution in [-0.4, -0.2) is 85.3 Å². The normalized spacial score (nSPS) is 13.5. The molecular weight excluding hydrogens is 556 g/mol. The number of aliphatic carboxylic acids is 3. The average Bonchev–Trinajstić information content (AvgIpc) is 2.92. The Morgan fingerprint density at radius 1 is 0.619 bits per heavy atom. The molecule has 0 aliphatic carbocycles. The molecule has 0 bridgehead atoms. The number of nitrogens with one attached hydrogen (secondary N) is 3. The third kappa shape index (κ3) is 11.1. The minimum atomic E-state index is -1.71. The summed E-state index contributed by atoms with van der Waals surface area (Å²) in [6, 6.07) is 5.16. The van der Waals surface area contributed by atoms with Gasteiger partial charge in [0.25, 0.3) is 0 Å². The molecule has 4 unspecified atom stereocenters. The van der Waals surface area contributed by atoms with Crippen molar-refractivity contribution in [2.24, 2.45) is 5.73 Å². The number of carboxylic acids is 3. The number of hydrogen-bond donors (Lipinski definition) is 9. The van der Waals surface area contributed by atoms with Crippen LogP contribution in [0.3, 0.4) is 0 Å². The van der Waals surface area contributed by atoms with E-state index in [9.17, 15) is 49.2 Å². The molecule has 0 saturated carbocycles. The quantitative estimate of drug-likeness (QED) is 0.115. The molecule has 0 spiro atoms. The lowest BCUT2D eigenvalue weighted by Gasteiger charge is -2.25. The minimum Gasteiger partial charge on any atom is -0.508 e. The Kier molecular flexibility index (Phi) is 12.2. The van der Waals surface area contributed by atoms with E-state index in [-0.39, 0.29) is 30.8 Å². The van der Waals surface area contributed by atoms with E-state index >= 15 is 0 Å². The third-order valence-corrected chi connectivity index (χ3v) is 6.02. The summed E-state index contributed by atoms with van der Waals surface area (Å²) >= 11 is 0. The predicted octanol–water partition coefficient (Wildman–Crippen LogP) is -0.911. The van der Waals surface area contributed by atoms with Gasteiger partial charge in [0.2, 0.25) is 17.7 Å². The van der Waals surface area contributed by atoms with Crippen molar-refractivity contribution in [3.05, 3.63) is 59.7 Å². The molecule has 0 fully saturated rings. The maximum atomic E-state index is 13.3. The summed E-state index contributed by atoms with van der Waals surface area (Å²) in [5.74, 6) is -7.24. The van der Waals surface area contributed by atoms with Crippen LogP contribution >= 0.6 is 0 Å². The van der Waals surface area contributed by atoms with Gasteiger partial charge in [-0.05, 0) is 41.8 Å². The Labute approximate surface area is 239 Å². The van der Waals surface area contributed by atoms with Crippen molar-refractivity contribution in [1.82, 2.24) is 16.0 Å². The van der Waals surface area contributed by atoms with Crippen LogP contribution < -0.4 is 21.7 Å². The summed E-state index contributed by atoms with van der Waals surface area (Å²) in [5.41, 5.74) is 6.57. The number of amides is 3. The SMILES string of the molecule is NC(CCC(=O)O)C(=O)NC(CC(=O)O)C(=O)NC(Cc1ccc(O)cc1)C(=O)NC(Cc1ccc(O)cc1)C(=O)O. The number of nitrogens with two attached hydrogens (primary N) is 1. The molecule has 0 aliphatic heterocycles. The van der Waals surface area contributed by atoms with E-state index in [0.29, 0.717) is 11.1 Å². The second kappa shape index (κ2) is 15.6. The third-order valence-electron chi connectivity index (χ3n) is 6.02. The molecule has 2 aromatic carbocycles. The molecule has 15 nitrogen and oxygen atoms in total.